The maximum Gasteiger partial charge on any atom is 0.490 e. The molecule has 3 N–H and O–H groups in total. The highest BCUT2D eigenvalue weighted by Gasteiger charge is 2.39. The van der Waals surface area contributed by atoms with Crippen LogP contribution in [-0.2, 0) is 16.1 Å². The molecule has 3 rings (SSSR count). The summed E-state index contributed by atoms with van der Waals surface area (Å²) in [5.74, 6) is -3.97. The van der Waals surface area contributed by atoms with Crippen LogP contribution in [0.3, 0.4) is 0 Å². The summed E-state index contributed by atoms with van der Waals surface area (Å²) in [5, 5.41) is 13.4. The van der Waals surface area contributed by atoms with Gasteiger partial charge in [-0.2, -0.15) is 26.3 Å². The molecule has 0 saturated heterocycles. The van der Waals surface area contributed by atoms with Crippen LogP contribution in [0, 0.1) is 5.92 Å². The third-order valence-electron chi connectivity index (χ3n) is 6.30. The molecular formula is C27H30F6N2O5. The van der Waals surface area contributed by atoms with Crippen LogP contribution in [0.2, 0.25) is 0 Å². The van der Waals surface area contributed by atoms with Crippen LogP contribution in [-0.4, -0.2) is 54.8 Å². The van der Waals surface area contributed by atoms with Crippen LogP contribution in [0.15, 0.2) is 42.5 Å². The molecule has 0 unspecified atom stereocenters. The summed E-state index contributed by atoms with van der Waals surface area (Å²) in [6.07, 6.45) is -6.35. The van der Waals surface area contributed by atoms with Gasteiger partial charge in [-0.1, -0.05) is 30.3 Å². The molecule has 220 valence electrons. The molecule has 1 aliphatic carbocycles. The number of nitrogens with one attached hydrogen (secondary N) is 2. The monoisotopic (exact) mass is 576 g/mol. The van der Waals surface area contributed by atoms with Gasteiger partial charge in [0, 0.05) is 29.6 Å². The number of ether oxygens (including phenoxy) is 1. The Labute approximate surface area is 226 Å². The third kappa shape index (κ3) is 9.54. The van der Waals surface area contributed by atoms with Gasteiger partial charge in [0.25, 0.3) is 5.78 Å². The number of carboxylic acids is 1. The van der Waals surface area contributed by atoms with Crippen LogP contribution in [0.25, 0.3) is 11.1 Å². The highest BCUT2D eigenvalue weighted by atomic mass is 19.4. The predicted octanol–water partition coefficient (Wildman–Crippen LogP) is 5.53. The molecule has 1 saturated carbocycles. The number of amides is 1. The number of hydrogen-bond donors (Lipinski definition) is 3. The van der Waals surface area contributed by atoms with E-state index < -0.39 is 29.7 Å². The van der Waals surface area contributed by atoms with E-state index in [4.69, 9.17) is 14.6 Å². The van der Waals surface area contributed by atoms with E-state index in [1.807, 2.05) is 20.0 Å². The zero-order valence-corrected chi connectivity index (χ0v) is 21.8. The fourth-order valence-electron chi connectivity index (χ4n) is 4.14. The Kier molecular flexibility index (Phi) is 11.5. The Morgan fingerprint density at radius 3 is 1.93 bits per heavy atom. The summed E-state index contributed by atoms with van der Waals surface area (Å²) >= 11 is 0. The number of carboxylic acid groups (broad SMARTS) is 1. The second kappa shape index (κ2) is 14.1. The van der Waals surface area contributed by atoms with E-state index in [1.165, 1.54) is 24.3 Å². The highest BCUT2D eigenvalue weighted by Crippen LogP contribution is 2.29. The lowest BCUT2D eigenvalue weighted by Crippen LogP contribution is -2.37. The molecule has 7 nitrogen and oxygen atoms in total. The van der Waals surface area contributed by atoms with Crippen LogP contribution < -0.4 is 15.4 Å². The molecule has 0 aliphatic heterocycles. The van der Waals surface area contributed by atoms with Crippen molar-refractivity contribution in [3.63, 3.8) is 0 Å². The lowest BCUT2D eigenvalue weighted by molar-refractivity contribution is -0.192. The quantitative estimate of drug-likeness (QED) is 0.282. The largest absolute Gasteiger partial charge is 0.494 e. The molecule has 2 aromatic carbocycles. The number of aliphatic carboxylic acids is 1. The number of carbonyl (C=O) groups excluding carboxylic acids is 2. The van der Waals surface area contributed by atoms with Crippen LogP contribution >= 0.6 is 0 Å². The van der Waals surface area contributed by atoms with Crippen molar-refractivity contribution in [2.75, 3.05) is 13.7 Å². The number of benzene rings is 2. The number of hydrogen-bond acceptors (Lipinski definition) is 5. The molecule has 0 radical (unpaired) electrons. The molecule has 40 heavy (non-hydrogen) atoms. The van der Waals surface area contributed by atoms with Crippen molar-refractivity contribution in [1.29, 1.82) is 0 Å². The first-order chi connectivity index (χ1) is 18.7. The molecule has 13 heteroatoms. The van der Waals surface area contributed by atoms with E-state index in [2.05, 4.69) is 10.6 Å². The Morgan fingerprint density at radius 2 is 1.45 bits per heavy atom. The topological polar surface area (TPSA) is 105 Å². The van der Waals surface area contributed by atoms with Gasteiger partial charge in [-0.05, 0) is 62.9 Å². The number of carbonyl (C=O) groups is 3. The minimum Gasteiger partial charge on any atom is -0.494 e. The summed E-state index contributed by atoms with van der Waals surface area (Å²) < 4.78 is 75.4. The number of Topliss-reactive ketones (excluding diaryl/α,β-unsaturated/α-hetero) is 1. The smallest absolute Gasteiger partial charge is 0.490 e. The average Bonchev–Trinajstić information content (AvgIpc) is 2.91. The maximum atomic E-state index is 12.7. The van der Waals surface area contributed by atoms with Crippen molar-refractivity contribution in [2.24, 2.45) is 5.92 Å². The second-order valence-electron chi connectivity index (χ2n) is 9.02. The predicted molar refractivity (Wildman–Crippen MR) is 134 cm³/mol. The number of halogens is 6. The minimum atomic E-state index is -5.08. The molecule has 0 bridgehead atoms. The summed E-state index contributed by atoms with van der Waals surface area (Å²) in [7, 11) is 1.94. The van der Waals surface area contributed by atoms with Gasteiger partial charge in [-0.3, -0.25) is 9.59 Å². The van der Waals surface area contributed by atoms with Gasteiger partial charge in [0.1, 0.15) is 5.75 Å². The second-order valence-corrected chi connectivity index (χ2v) is 9.02. The first-order valence-electron chi connectivity index (χ1n) is 12.4. The van der Waals surface area contributed by atoms with Gasteiger partial charge in [-0.25, -0.2) is 4.79 Å². The Bertz CT molecular complexity index is 1160. The molecule has 0 heterocycles. The number of alkyl halides is 6. The van der Waals surface area contributed by atoms with Gasteiger partial charge in [-0.15, -0.1) is 0 Å². The zero-order chi connectivity index (χ0) is 30.1. The lowest BCUT2D eigenvalue weighted by Gasteiger charge is -2.27. The van der Waals surface area contributed by atoms with Crippen LogP contribution in [0.1, 0.15) is 48.5 Å². The summed E-state index contributed by atoms with van der Waals surface area (Å²) in [6, 6.07) is 11.2. The van der Waals surface area contributed by atoms with Crippen molar-refractivity contribution in [3.05, 3.63) is 53.6 Å². The molecule has 1 fully saturated rings. The Hall–Kier alpha value is -3.61. The molecule has 1 aliphatic rings. The molecule has 2 aromatic rings. The molecule has 1 amide bonds. The normalized spacial score (nSPS) is 17.3. The minimum absolute atomic E-state index is 0.00737. The third-order valence-corrected chi connectivity index (χ3v) is 6.30. The fourth-order valence-corrected chi connectivity index (χ4v) is 4.14. The number of rotatable bonds is 8. The van der Waals surface area contributed by atoms with Crippen molar-refractivity contribution in [2.45, 2.75) is 57.5 Å². The van der Waals surface area contributed by atoms with Crippen molar-refractivity contribution >= 4 is 17.7 Å². The van der Waals surface area contributed by atoms with Crippen molar-refractivity contribution < 1.29 is 50.6 Å². The van der Waals surface area contributed by atoms with Crippen molar-refractivity contribution in [3.8, 4) is 16.9 Å². The van der Waals surface area contributed by atoms with Gasteiger partial charge in [0.2, 0.25) is 5.91 Å². The SMILES string of the molecule is CCOc1ccc(-c2ccc(C(=O)C(F)(F)F)cc2)cc1CNC(=O)C1CCC(NC)CC1.O=C(O)C(F)(F)F. The van der Waals surface area contributed by atoms with Gasteiger partial charge >= 0.3 is 18.3 Å². The van der Waals surface area contributed by atoms with E-state index in [0.29, 0.717) is 30.5 Å². The van der Waals surface area contributed by atoms with Gasteiger partial charge in [0.05, 0.1) is 6.61 Å². The zero-order valence-electron chi connectivity index (χ0n) is 21.8. The van der Waals surface area contributed by atoms with Crippen LogP contribution in [0.4, 0.5) is 26.3 Å². The maximum absolute atomic E-state index is 12.7. The number of ketones is 1. The lowest BCUT2D eigenvalue weighted by atomic mass is 9.85. The van der Waals surface area contributed by atoms with Gasteiger partial charge in [0.15, 0.2) is 0 Å². The molecule has 0 spiro atoms. The van der Waals surface area contributed by atoms with E-state index >= 15 is 0 Å². The van der Waals surface area contributed by atoms with E-state index in [-0.39, 0.29) is 11.8 Å². The average molecular weight is 577 g/mol. The molecule has 0 aromatic heterocycles. The molecule has 0 atom stereocenters. The summed E-state index contributed by atoms with van der Waals surface area (Å²) in [6.45, 7) is 2.62. The van der Waals surface area contributed by atoms with E-state index in [1.54, 1.807) is 12.1 Å². The van der Waals surface area contributed by atoms with E-state index in [9.17, 15) is 35.9 Å². The van der Waals surface area contributed by atoms with E-state index in [0.717, 1.165) is 36.8 Å². The fraction of sp³-hybridized carbons (Fsp3) is 0.444. The van der Waals surface area contributed by atoms with Crippen LogP contribution in [0.5, 0.6) is 5.75 Å². The highest BCUT2D eigenvalue weighted by molar-refractivity contribution is 6.00. The van der Waals surface area contributed by atoms with Crippen molar-refractivity contribution in [1.82, 2.24) is 10.6 Å². The summed E-state index contributed by atoms with van der Waals surface area (Å²) in [5.41, 5.74) is 1.79. The standard InChI is InChI=1S/C25H29F3N2O3.C2HF3O2/c1-3-33-22-13-10-19(16-4-6-17(7-5-16)23(31)25(26,27)28)14-20(22)15-30-24(32)18-8-11-21(29-2)12-9-18;3-2(4,5)1(6)7/h4-7,10,13-14,18,21,29H,3,8-9,11-12,15H2,1-2H3,(H,30,32);(H,6,7). The first-order valence-corrected chi connectivity index (χ1v) is 12.4. The summed E-state index contributed by atoms with van der Waals surface area (Å²) in [4.78, 5) is 33.0. The Morgan fingerprint density at radius 1 is 0.900 bits per heavy atom. The Balaban J connectivity index is 0.000000708. The first kappa shape index (κ1) is 32.6. The molecular weight excluding hydrogens is 546 g/mol. The van der Waals surface area contributed by atoms with Gasteiger partial charge < -0.3 is 20.5 Å².